The van der Waals surface area contributed by atoms with Crippen molar-refractivity contribution in [2.75, 3.05) is 6.61 Å². The molecule has 1 aromatic carbocycles. The fourth-order valence-electron chi connectivity index (χ4n) is 4.78. The van der Waals surface area contributed by atoms with Crippen LogP contribution in [0.15, 0.2) is 24.3 Å². The number of benzene rings is 1. The molecule has 2 fully saturated rings. The lowest BCUT2D eigenvalue weighted by Gasteiger charge is -2.40. The zero-order valence-electron chi connectivity index (χ0n) is 14.3. The van der Waals surface area contributed by atoms with E-state index in [1.54, 1.807) is 0 Å². The maximum absolute atomic E-state index is 10.1. The summed E-state index contributed by atoms with van der Waals surface area (Å²) in [6.07, 6.45) is 8.22. The molecule has 3 atom stereocenters. The van der Waals surface area contributed by atoms with Crippen molar-refractivity contribution in [1.29, 1.82) is 0 Å². The summed E-state index contributed by atoms with van der Waals surface area (Å²) in [7, 11) is 0. The molecule has 0 radical (unpaired) electrons. The van der Waals surface area contributed by atoms with E-state index in [0.717, 1.165) is 30.6 Å². The average Bonchev–Trinajstić information content (AvgIpc) is 2.58. The highest BCUT2D eigenvalue weighted by Crippen LogP contribution is 2.44. The first-order valence-corrected chi connectivity index (χ1v) is 9.23. The van der Waals surface area contributed by atoms with Gasteiger partial charge in [-0.1, -0.05) is 29.8 Å². The van der Waals surface area contributed by atoms with E-state index in [0.29, 0.717) is 6.61 Å². The lowest BCUT2D eigenvalue weighted by atomic mass is 9.67. The normalized spacial score (nSPS) is 35.2. The van der Waals surface area contributed by atoms with Crippen molar-refractivity contribution < 1.29 is 9.94 Å². The fraction of sp³-hybridized carbons (Fsp3) is 0.700. The molecule has 23 heavy (non-hydrogen) atoms. The van der Waals surface area contributed by atoms with Gasteiger partial charge in [-0.2, -0.15) is 0 Å². The van der Waals surface area contributed by atoms with Gasteiger partial charge in [0.05, 0.1) is 12.7 Å². The predicted molar refractivity (Wildman–Crippen MR) is 92.9 cm³/mol. The molecule has 128 valence electrons. The molecule has 3 nitrogen and oxygen atoms in total. The topological polar surface area (TPSA) is 55.5 Å². The van der Waals surface area contributed by atoms with Gasteiger partial charge in [-0.05, 0) is 75.2 Å². The Hall–Kier alpha value is -0.900. The molecule has 3 rings (SSSR count). The molecule has 2 aliphatic carbocycles. The summed E-state index contributed by atoms with van der Waals surface area (Å²) in [4.78, 5) is 4.81. The molecule has 3 unspecified atom stereocenters. The predicted octanol–water partition coefficient (Wildman–Crippen LogP) is 3.94. The quantitative estimate of drug-likeness (QED) is 0.827. The third-order valence-electron chi connectivity index (χ3n) is 6.28. The van der Waals surface area contributed by atoms with Gasteiger partial charge < -0.3 is 9.94 Å². The average molecular weight is 317 g/mol. The minimum Gasteiger partial charge on any atom is -0.393 e. The Labute approximate surface area is 140 Å². The molecule has 3 heteroatoms. The Morgan fingerprint density at radius 1 is 1.00 bits per heavy atom. The highest BCUT2D eigenvalue weighted by molar-refractivity contribution is 5.24. The van der Waals surface area contributed by atoms with E-state index in [1.165, 1.54) is 43.2 Å². The summed E-state index contributed by atoms with van der Waals surface area (Å²) in [5, 5.41) is 10.1. The van der Waals surface area contributed by atoms with Crippen LogP contribution in [0.2, 0.25) is 0 Å². The van der Waals surface area contributed by atoms with Crippen LogP contribution in [0.3, 0.4) is 0 Å². The first-order chi connectivity index (χ1) is 11.2. The molecule has 2 saturated carbocycles. The lowest BCUT2D eigenvalue weighted by Crippen LogP contribution is -2.36. The van der Waals surface area contributed by atoms with Crippen LogP contribution in [0.5, 0.6) is 0 Å². The number of hydrogen-bond donors (Lipinski definition) is 2. The van der Waals surface area contributed by atoms with Crippen LogP contribution < -0.4 is 5.90 Å². The van der Waals surface area contributed by atoms with Crippen LogP contribution in [-0.2, 0) is 4.84 Å². The van der Waals surface area contributed by atoms with Gasteiger partial charge in [-0.3, -0.25) is 0 Å². The number of aliphatic hydroxyl groups excluding tert-OH is 1. The van der Waals surface area contributed by atoms with E-state index in [4.69, 9.17) is 10.7 Å². The first-order valence-electron chi connectivity index (χ1n) is 9.23. The van der Waals surface area contributed by atoms with Crippen LogP contribution in [0.4, 0.5) is 0 Å². The van der Waals surface area contributed by atoms with E-state index in [-0.39, 0.29) is 12.0 Å². The van der Waals surface area contributed by atoms with Crippen molar-refractivity contribution in [1.82, 2.24) is 0 Å². The number of nitrogens with two attached hydrogens (primary N) is 1. The molecule has 0 aromatic heterocycles. The Bertz CT molecular complexity index is 479. The van der Waals surface area contributed by atoms with E-state index >= 15 is 0 Å². The summed E-state index contributed by atoms with van der Waals surface area (Å²) in [6, 6.07) is 9.10. The summed E-state index contributed by atoms with van der Waals surface area (Å²) in [6.45, 7) is 2.65. The second-order valence-corrected chi connectivity index (χ2v) is 7.76. The van der Waals surface area contributed by atoms with Gasteiger partial charge in [0.2, 0.25) is 0 Å². The molecular formula is C20H31NO2. The monoisotopic (exact) mass is 317 g/mol. The summed E-state index contributed by atoms with van der Waals surface area (Å²) in [5.74, 6) is 7.77. The number of aliphatic hydroxyl groups is 1. The number of hydrogen-bond acceptors (Lipinski definition) is 3. The summed E-state index contributed by atoms with van der Waals surface area (Å²) < 4.78 is 0. The smallest absolute Gasteiger partial charge is 0.0732 e. The Morgan fingerprint density at radius 2 is 1.65 bits per heavy atom. The van der Waals surface area contributed by atoms with Gasteiger partial charge in [0.25, 0.3) is 0 Å². The zero-order valence-corrected chi connectivity index (χ0v) is 14.3. The van der Waals surface area contributed by atoms with Crippen LogP contribution in [0.1, 0.15) is 62.0 Å². The fourth-order valence-corrected chi connectivity index (χ4v) is 4.78. The van der Waals surface area contributed by atoms with E-state index < -0.39 is 0 Å². The van der Waals surface area contributed by atoms with Crippen molar-refractivity contribution in [3.8, 4) is 0 Å². The SMILES string of the molecule is Cc1ccc(C2CCC(C3CCC(O)C(CON)C3)CC2)cc1. The van der Waals surface area contributed by atoms with E-state index in [9.17, 15) is 5.11 Å². The maximum atomic E-state index is 10.1. The molecule has 3 N–H and O–H groups in total. The molecular weight excluding hydrogens is 286 g/mol. The van der Waals surface area contributed by atoms with Crippen LogP contribution >= 0.6 is 0 Å². The standard InChI is InChI=1S/C20H31NO2/c1-14-2-4-15(5-3-14)16-6-8-17(9-7-16)18-10-11-20(22)19(12-18)13-23-21/h2-5,16-20,22H,6-13,21H2,1H3. The molecule has 0 heterocycles. The van der Waals surface area contributed by atoms with Gasteiger partial charge in [0.15, 0.2) is 0 Å². The Balaban J connectivity index is 1.53. The van der Waals surface area contributed by atoms with Crippen molar-refractivity contribution in [3.63, 3.8) is 0 Å². The molecule has 1 aromatic rings. The maximum Gasteiger partial charge on any atom is 0.0732 e. The van der Waals surface area contributed by atoms with Gasteiger partial charge in [0, 0.05) is 5.92 Å². The lowest BCUT2D eigenvalue weighted by molar-refractivity contribution is -0.0217. The summed E-state index contributed by atoms with van der Waals surface area (Å²) in [5.41, 5.74) is 2.86. The Morgan fingerprint density at radius 3 is 2.30 bits per heavy atom. The van der Waals surface area contributed by atoms with Gasteiger partial charge in [-0.25, -0.2) is 5.90 Å². The molecule has 0 spiro atoms. The van der Waals surface area contributed by atoms with E-state index in [1.807, 2.05) is 0 Å². The zero-order chi connectivity index (χ0) is 16.2. The minimum absolute atomic E-state index is 0.223. The van der Waals surface area contributed by atoms with Crippen LogP contribution in [0.25, 0.3) is 0 Å². The van der Waals surface area contributed by atoms with Crippen LogP contribution in [-0.4, -0.2) is 17.8 Å². The highest BCUT2D eigenvalue weighted by Gasteiger charge is 2.35. The first kappa shape index (κ1) is 16.9. The van der Waals surface area contributed by atoms with Crippen LogP contribution in [0, 0.1) is 24.7 Å². The van der Waals surface area contributed by atoms with Crippen molar-refractivity contribution >= 4 is 0 Å². The minimum atomic E-state index is -0.223. The number of rotatable bonds is 4. The van der Waals surface area contributed by atoms with Gasteiger partial charge in [0.1, 0.15) is 0 Å². The second kappa shape index (κ2) is 7.78. The molecule has 2 aliphatic rings. The van der Waals surface area contributed by atoms with Crippen molar-refractivity contribution in [3.05, 3.63) is 35.4 Å². The molecule has 0 saturated heterocycles. The largest absolute Gasteiger partial charge is 0.393 e. The van der Waals surface area contributed by atoms with Crippen molar-refractivity contribution in [2.45, 2.75) is 63.9 Å². The highest BCUT2D eigenvalue weighted by atomic mass is 16.6. The van der Waals surface area contributed by atoms with Gasteiger partial charge in [-0.15, -0.1) is 0 Å². The summed E-state index contributed by atoms with van der Waals surface area (Å²) >= 11 is 0. The van der Waals surface area contributed by atoms with E-state index in [2.05, 4.69) is 31.2 Å². The Kier molecular flexibility index (Phi) is 5.73. The molecule has 0 bridgehead atoms. The molecule has 0 aliphatic heterocycles. The third-order valence-corrected chi connectivity index (χ3v) is 6.28. The third kappa shape index (κ3) is 4.14. The molecule has 0 amide bonds. The second-order valence-electron chi connectivity index (χ2n) is 7.76. The van der Waals surface area contributed by atoms with Gasteiger partial charge >= 0.3 is 0 Å². The number of aryl methyl sites for hydroxylation is 1. The van der Waals surface area contributed by atoms with Crippen molar-refractivity contribution in [2.24, 2.45) is 23.7 Å².